The Bertz CT molecular complexity index is 939. The van der Waals surface area contributed by atoms with Crippen molar-refractivity contribution < 1.29 is 9.53 Å². The highest BCUT2D eigenvalue weighted by Crippen LogP contribution is 2.26. The average molecular weight is 389 g/mol. The third kappa shape index (κ3) is 4.66. The number of hydrogen-bond acceptors (Lipinski definition) is 5. The van der Waals surface area contributed by atoms with Gasteiger partial charge in [0.25, 0.3) is 5.91 Å². The normalized spacial score (nSPS) is 12.2. The van der Waals surface area contributed by atoms with E-state index in [0.717, 1.165) is 34.0 Å². The molecule has 0 aliphatic rings. The number of hydrogen-bond donors (Lipinski definition) is 1. The van der Waals surface area contributed by atoms with Crippen molar-refractivity contribution in [3.63, 3.8) is 0 Å². The Morgan fingerprint density at radius 1 is 1.37 bits per heavy atom. The van der Waals surface area contributed by atoms with Gasteiger partial charge in [0.15, 0.2) is 4.96 Å². The van der Waals surface area contributed by atoms with Gasteiger partial charge in [0.1, 0.15) is 4.88 Å². The van der Waals surface area contributed by atoms with Gasteiger partial charge in [0.2, 0.25) is 0 Å². The number of thiazole rings is 1. The average Bonchev–Trinajstić information content (AvgIpc) is 3.13. The first kappa shape index (κ1) is 19.8. The maximum Gasteiger partial charge on any atom is 0.265 e. The van der Waals surface area contributed by atoms with Crippen molar-refractivity contribution in [2.24, 2.45) is 5.41 Å². The second kappa shape index (κ2) is 7.96. The van der Waals surface area contributed by atoms with Crippen molar-refractivity contribution in [1.29, 1.82) is 0 Å². The molecule has 146 valence electrons. The molecule has 0 atom stereocenters. The smallest absolute Gasteiger partial charge is 0.265 e. The molecule has 0 fully saturated rings. The van der Waals surface area contributed by atoms with E-state index < -0.39 is 0 Å². The highest BCUT2D eigenvalue weighted by molar-refractivity contribution is 7.18. The molecule has 3 rings (SSSR count). The lowest BCUT2D eigenvalue weighted by Crippen LogP contribution is -2.34. The molecule has 7 heteroatoms. The topological polar surface area (TPSA) is 58.9 Å². The highest BCUT2D eigenvalue weighted by Gasteiger charge is 2.21. The molecule has 0 radical (unpaired) electrons. The van der Waals surface area contributed by atoms with Crippen molar-refractivity contribution in [1.82, 2.24) is 19.6 Å². The summed E-state index contributed by atoms with van der Waals surface area (Å²) in [5.74, 6) is 0.0486. The number of rotatable bonds is 7. The summed E-state index contributed by atoms with van der Waals surface area (Å²) in [6.45, 7) is 9.41. The van der Waals surface area contributed by atoms with Gasteiger partial charge in [-0.3, -0.25) is 9.20 Å². The van der Waals surface area contributed by atoms with Crippen LogP contribution in [0, 0.1) is 5.41 Å². The van der Waals surface area contributed by atoms with Crippen LogP contribution in [0.5, 0.6) is 0 Å². The molecule has 0 saturated carbocycles. The van der Waals surface area contributed by atoms with Crippen LogP contribution < -0.4 is 5.32 Å². The molecule has 1 amide bonds. The molecule has 27 heavy (non-hydrogen) atoms. The predicted octanol–water partition coefficient (Wildman–Crippen LogP) is 3.40. The van der Waals surface area contributed by atoms with E-state index in [1.807, 2.05) is 17.6 Å². The van der Waals surface area contributed by atoms with Gasteiger partial charge < -0.3 is 15.0 Å². The lowest BCUT2D eigenvalue weighted by molar-refractivity contribution is 0.0750. The number of ether oxygens (including phenoxy) is 1. The number of fused-ring (bicyclic) bond motifs is 3. The largest absolute Gasteiger partial charge is 0.383 e. The minimum absolute atomic E-state index is 0.0486. The van der Waals surface area contributed by atoms with Crippen LogP contribution in [0.15, 0.2) is 24.4 Å². The third-order valence-electron chi connectivity index (χ3n) is 4.25. The first-order chi connectivity index (χ1) is 12.8. The lowest BCUT2D eigenvalue weighted by atomic mass is 9.96. The van der Waals surface area contributed by atoms with E-state index in [9.17, 15) is 4.79 Å². The number of aromatic nitrogens is 2. The maximum atomic E-state index is 12.7. The Kier molecular flexibility index (Phi) is 5.83. The molecule has 6 nitrogen and oxygen atoms in total. The number of imidazole rings is 1. The zero-order valence-electron chi connectivity index (χ0n) is 16.7. The summed E-state index contributed by atoms with van der Waals surface area (Å²) in [7, 11) is 3.56. The fraction of sp³-hybridized carbons (Fsp3) is 0.500. The molecule has 2 heterocycles. The SMILES string of the molecule is COCCNCc1ccc2c(c1)nc1sc(C(=O)N(C)CC(C)(C)C)cn12. The third-order valence-corrected chi connectivity index (χ3v) is 5.22. The molecule has 1 aromatic carbocycles. The zero-order chi connectivity index (χ0) is 19.6. The number of carbonyl (C=O) groups is 1. The van der Waals surface area contributed by atoms with Crippen LogP contribution in [-0.2, 0) is 11.3 Å². The molecule has 0 saturated heterocycles. The molecule has 2 aromatic heterocycles. The molecule has 1 N–H and O–H groups in total. The van der Waals surface area contributed by atoms with Crippen LogP contribution >= 0.6 is 11.3 Å². The molecule has 0 aliphatic carbocycles. The summed E-state index contributed by atoms with van der Waals surface area (Å²) in [6, 6.07) is 6.27. The van der Waals surface area contributed by atoms with Gasteiger partial charge in [0.05, 0.1) is 17.6 Å². The number of nitrogens with one attached hydrogen (secondary N) is 1. The van der Waals surface area contributed by atoms with Crippen molar-refractivity contribution in [2.45, 2.75) is 27.3 Å². The van der Waals surface area contributed by atoms with Gasteiger partial charge in [-0.1, -0.05) is 38.2 Å². The molecule has 3 aromatic rings. The minimum Gasteiger partial charge on any atom is -0.383 e. The Labute approximate surface area is 164 Å². The predicted molar refractivity (Wildman–Crippen MR) is 111 cm³/mol. The van der Waals surface area contributed by atoms with E-state index in [1.165, 1.54) is 16.9 Å². The van der Waals surface area contributed by atoms with E-state index >= 15 is 0 Å². The van der Waals surface area contributed by atoms with Crippen LogP contribution in [0.4, 0.5) is 0 Å². The van der Waals surface area contributed by atoms with Gasteiger partial charge in [-0.15, -0.1) is 0 Å². The summed E-state index contributed by atoms with van der Waals surface area (Å²) in [5.41, 5.74) is 3.24. The van der Waals surface area contributed by atoms with Gasteiger partial charge in [0, 0.05) is 40.0 Å². The molecular weight excluding hydrogens is 360 g/mol. The van der Waals surface area contributed by atoms with Gasteiger partial charge in [-0.2, -0.15) is 0 Å². The van der Waals surface area contributed by atoms with Crippen LogP contribution in [0.2, 0.25) is 0 Å². The standard InChI is InChI=1S/C20H28N4O2S/c1-20(2,3)13-23(4)18(25)17-12-24-16-7-6-14(11-21-8-9-26-5)10-15(16)22-19(24)27-17/h6-7,10,12,21H,8-9,11,13H2,1-5H3. The number of nitrogens with zero attached hydrogens (tertiary/aromatic N) is 3. The lowest BCUT2D eigenvalue weighted by Gasteiger charge is -2.26. The number of methoxy groups -OCH3 is 1. The molecule has 0 aliphatic heterocycles. The van der Waals surface area contributed by atoms with Gasteiger partial charge >= 0.3 is 0 Å². The van der Waals surface area contributed by atoms with Crippen LogP contribution in [0.1, 0.15) is 36.0 Å². The molecule has 0 bridgehead atoms. The van der Waals surface area contributed by atoms with Gasteiger partial charge in [-0.25, -0.2) is 4.98 Å². The first-order valence-electron chi connectivity index (χ1n) is 9.14. The Balaban J connectivity index is 1.79. The quantitative estimate of drug-likeness (QED) is 0.630. The van der Waals surface area contributed by atoms with Crippen molar-refractivity contribution in [3.05, 3.63) is 34.8 Å². The Morgan fingerprint density at radius 3 is 2.85 bits per heavy atom. The molecule has 0 spiro atoms. The second-order valence-electron chi connectivity index (χ2n) is 8.07. The highest BCUT2D eigenvalue weighted by atomic mass is 32.1. The van der Waals surface area contributed by atoms with E-state index in [2.05, 4.69) is 44.3 Å². The van der Waals surface area contributed by atoms with Crippen molar-refractivity contribution in [3.8, 4) is 0 Å². The summed E-state index contributed by atoms with van der Waals surface area (Å²) in [4.78, 5) is 20.8. The summed E-state index contributed by atoms with van der Waals surface area (Å²) >= 11 is 1.44. The van der Waals surface area contributed by atoms with Crippen LogP contribution in [0.25, 0.3) is 16.0 Å². The maximum absolute atomic E-state index is 12.7. The Hall–Kier alpha value is -1.96. The minimum atomic E-state index is 0.0486. The van der Waals surface area contributed by atoms with E-state index in [1.54, 1.807) is 12.0 Å². The molecular formula is C20H28N4O2S. The number of amides is 1. The van der Waals surface area contributed by atoms with Gasteiger partial charge in [-0.05, 0) is 23.1 Å². The first-order valence-corrected chi connectivity index (χ1v) is 9.96. The van der Waals surface area contributed by atoms with Crippen molar-refractivity contribution in [2.75, 3.05) is 33.9 Å². The van der Waals surface area contributed by atoms with E-state index in [0.29, 0.717) is 13.2 Å². The summed E-state index contributed by atoms with van der Waals surface area (Å²) < 4.78 is 7.06. The van der Waals surface area contributed by atoms with Crippen LogP contribution in [-0.4, -0.2) is 54.0 Å². The summed E-state index contributed by atoms with van der Waals surface area (Å²) in [6.07, 6.45) is 1.91. The van der Waals surface area contributed by atoms with E-state index in [4.69, 9.17) is 9.72 Å². The fourth-order valence-corrected chi connectivity index (χ4v) is 4.14. The molecule has 0 unspecified atom stereocenters. The zero-order valence-corrected chi connectivity index (χ0v) is 17.5. The summed E-state index contributed by atoms with van der Waals surface area (Å²) in [5, 5.41) is 3.34. The van der Waals surface area contributed by atoms with E-state index in [-0.39, 0.29) is 11.3 Å². The van der Waals surface area contributed by atoms with Crippen LogP contribution in [0.3, 0.4) is 0 Å². The second-order valence-corrected chi connectivity index (χ2v) is 9.08. The monoisotopic (exact) mass is 388 g/mol. The fourth-order valence-electron chi connectivity index (χ4n) is 3.15. The Morgan fingerprint density at radius 2 is 2.15 bits per heavy atom. The number of carbonyl (C=O) groups excluding carboxylic acids is 1. The number of benzene rings is 1. The van der Waals surface area contributed by atoms with Crippen molar-refractivity contribution >= 4 is 33.2 Å².